The van der Waals surface area contributed by atoms with Crippen LogP contribution in [0.15, 0.2) is 16.7 Å². The maximum Gasteiger partial charge on any atom is 0.197 e. The zero-order valence-corrected chi connectivity index (χ0v) is 12.3. The molecule has 3 heterocycles. The lowest BCUT2D eigenvalue weighted by atomic mass is 9.80. The van der Waals surface area contributed by atoms with Gasteiger partial charge in [-0.25, -0.2) is 0 Å². The third-order valence-corrected chi connectivity index (χ3v) is 5.76. The Balaban J connectivity index is 1.78. The van der Waals surface area contributed by atoms with Crippen LogP contribution in [0.4, 0.5) is 0 Å². The van der Waals surface area contributed by atoms with E-state index < -0.39 is 0 Å². The van der Waals surface area contributed by atoms with Crippen LogP contribution in [0.1, 0.15) is 30.9 Å². The summed E-state index contributed by atoms with van der Waals surface area (Å²) in [4.78, 5) is 0. The molecule has 1 aromatic heterocycles. The summed E-state index contributed by atoms with van der Waals surface area (Å²) in [5.41, 5.74) is 3.92. The molecule has 0 bridgehead atoms. The van der Waals surface area contributed by atoms with Crippen molar-refractivity contribution in [1.82, 2.24) is 5.43 Å². The van der Waals surface area contributed by atoms with Gasteiger partial charge in [-0.15, -0.1) is 0 Å². The topological polar surface area (TPSA) is 60.4 Å². The molecule has 2 aliphatic heterocycles. The highest BCUT2D eigenvalue weighted by atomic mass is 35.5. The van der Waals surface area contributed by atoms with E-state index in [0.717, 1.165) is 37.2 Å². The predicted octanol–water partition coefficient (Wildman–Crippen LogP) is 2.74. The fraction of sp³-hybridized carbons (Fsp3) is 0.692. The highest BCUT2D eigenvalue weighted by Crippen LogP contribution is 2.44. The second-order valence-electron chi connectivity index (χ2n) is 5.38. The molecule has 4 nitrogen and oxygen atoms in total. The quantitative estimate of drug-likeness (QED) is 0.664. The Hall–Kier alpha value is -0.200. The van der Waals surface area contributed by atoms with E-state index in [1.165, 1.54) is 5.75 Å². The van der Waals surface area contributed by atoms with Crippen LogP contribution in [0.2, 0.25) is 5.22 Å². The van der Waals surface area contributed by atoms with Crippen molar-refractivity contribution in [1.29, 1.82) is 0 Å². The van der Waals surface area contributed by atoms with E-state index in [0.29, 0.717) is 11.1 Å². The van der Waals surface area contributed by atoms with Gasteiger partial charge in [0.25, 0.3) is 0 Å². The van der Waals surface area contributed by atoms with Crippen molar-refractivity contribution in [2.45, 2.75) is 30.9 Å². The van der Waals surface area contributed by atoms with Crippen molar-refractivity contribution in [3.05, 3.63) is 23.1 Å². The summed E-state index contributed by atoms with van der Waals surface area (Å²) in [6.07, 6.45) is 4.80. The summed E-state index contributed by atoms with van der Waals surface area (Å²) < 4.78 is 11.2. The van der Waals surface area contributed by atoms with Crippen LogP contribution in [-0.4, -0.2) is 23.7 Å². The molecule has 19 heavy (non-hydrogen) atoms. The van der Waals surface area contributed by atoms with Gasteiger partial charge in [0.05, 0.1) is 17.9 Å². The smallest absolute Gasteiger partial charge is 0.197 e. The van der Waals surface area contributed by atoms with Crippen LogP contribution in [0, 0.1) is 5.92 Å². The minimum absolute atomic E-state index is 0.0395. The second-order valence-corrected chi connectivity index (χ2v) is 6.83. The normalized spacial score (nSPS) is 32.8. The van der Waals surface area contributed by atoms with E-state index in [1.807, 2.05) is 17.8 Å². The SMILES string of the molecule is NNC(c1ccoc1Cl)C1CCOC2(CCSC2)C1. The molecule has 0 aromatic carbocycles. The van der Waals surface area contributed by atoms with Crippen molar-refractivity contribution in [3.8, 4) is 0 Å². The number of hydrazine groups is 1. The number of hydrogen-bond acceptors (Lipinski definition) is 5. The van der Waals surface area contributed by atoms with E-state index in [2.05, 4.69) is 5.43 Å². The molecule has 3 N–H and O–H groups in total. The summed E-state index contributed by atoms with van der Waals surface area (Å²) in [6.45, 7) is 0.804. The lowest BCUT2D eigenvalue weighted by Crippen LogP contribution is -2.45. The van der Waals surface area contributed by atoms with Gasteiger partial charge in [0, 0.05) is 17.9 Å². The Kier molecular flexibility index (Phi) is 4.10. The Morgan fingerprint density at radius 3 is 3.11 bits per heavy atom. The fourth-order valence-electron chi connectivity index (χ4n) is 3.22. The first kappa shape index (κ1) is 13.8. The maximum atomic E-state index is 6.09. The number of ether oxygens (including phenoxy) is 1. The van der Waals surface area contributed by atoms with Crippen molar-refractivity contribution in [2.75, 3.05) is 18.1 Å². The molecule has 6 heteroatoms. The van der Waals surface area contributed by atoms with Crippen LogP contribution >= 0.6 is 23.4 Å². The molecule has 1 spiro atoms. The van der Waals surface area contributed by atoms with Gasteiger partial charge >= 0.3 is 0 Å². The van der Waals surface area contributed by atoms with Gasteiger partial charge in [0.1, 0.15) is 0 Å². The van der Waals surface area contributed by atoms with Crippen molar-refractivity contribution >= 4 is 23.4 Å². The molecule has 0 amide bonds. The van der Waals surface area contributed by atoms with Gasteiger partial charge < -0.3 is 9.15 Å². The summed E-state index contributed by atoms with van der Waals surface area (Å²) in [5, 5.41) is 0.435. The summed E-state index contributed by atoms with van der Waals surface area (Å²) in [7, 11) is 0. The number of furan rings is 1. The van der Waals surface area contributed by atoms with Crippen LogP contribution in [0.5, 0.6) is 0 Å². The van der Waals surface area contributed by atoms with Gasteiger partial charge in [-0.1, -0.05) is 0 Å². The van der Waals surface area contributed by atoms with E-state index >= 15 is 0 Å². The third kappa shape index (κ3) is 2.67. The zero-order chi connectivity index (χ0) is 13.3. The van der Waals surface area contributed by atoms with Gasteiger partial charge in [-0.05, 0) is 48.6 Å². The molecule has 2 saturated heterocycles. The molecule has 106 valence electrons. The second kappa shape index (κ2) is 5.66. The number of nitrogens with two attached hydrogens (primary N) is 1. The molecule has 0 radical (unpaired) electrons. The zero-order valence-electron chi connectivity index (χ0n) is 10.7. The molecule has 1 aromatic rings. The standard InChI is InChI=1S/C13H19ClN2O2S/c14-12-10(2-4-17-12)11(16-15)9-1-5-18-13(7-9)3-6-19-8-13/h2,4,9,11,16H,1,3,5-8,15H2. The number of hydrogen-bond donors (Lipinski definition) is 2. The van der Waals surface area contributed by atoms with Crippen molar-refractivity contribution in [3.63, 3.8) is 0 Å². The lowest BCUT2D eigenvalue weighted by molar-refractivity contribution is -0.0854. The number of thioether (sulfide) groups is 1. The van der Waals surface area contributed by atoms with Crippen LogP contribution in [-0.2, 0) is 4.74 Å². The highest BCUT2D eigenvalue weighted by molar-refractivity contribution is 7.99. The fourth-order valence-corrected chi connectivity index (χ4v) is 4.83. The molecule has 3 rings (SSSR count). The van der Waals surface area contributed by atoms with E-state index in [1.54, 1.807) is 6.26 Å². The first-order valence-corrected chi connectivity index (χ1v) is 8.18. The van der Waals surface area contributed by atoms with E-state index in [4.69, 9.17) is 26.6 Å². The third-order valence-electron chi connectivity index (χ3n) is 4.23. The van der Waals surface area contributed by atoms with Crippen LogP contribution in [0.25, 0.3) is 0 Å². The summed E-state index contributed by atoms with van der Waals surface area (Å²) in [5.74, 6) is 8.48. The van der Waals surface area contributed by atoms with Gasteiger partial charge in [0.2, 0.25) is 0 Å². The Morgan fingerprint density at radius 1 is 1.58 bits per heavy atom. The Morgan fingerprint density at radius 2 is 2.47 bits per heavy atom. The molecule has 2 fully saturated rings. The first-order valence-electron chi connectivity index (χ1n) is 6.65. The number of rotatable bonds is 3. The van der Waals surface area contributed by atoms with Gasteiger partial charge in [-0.2, -0.15) is 11.8 Å². The van der Waals surface area contributed by atoms with E-state index in [9.17, 15) is 0 Å². The summed E-state index contributed by atoms with van der Waals surface area (Å²) in [6, 6.07) is 1.94. The molecule has 0 aliphatic carbocycles. The van der Waals surface area contributed by atoms with E-state index in [-0.39, 0.29) is 11.6 Å². The predicted molar refractivity (Wildman–Crippen MR) is 77.1 cm³/mol. The molecular weight excluding hydrogens is 284 g/mol. The molecule has 3 unspecified atom stereocenters. The highest BCUT2D eigenvalue weighted by Gasteiger charge is 2.43. The lowest BCUT2D eigenvalue weighted by Gasteiger charge is -2.40. The van der Waals surface area contributed by atoms with Gasteiger partial charge in [0.15, 0.2) is 5.22 Å². The molecule has 3 atom stereocenters. The average molecular weight is 303 g/mol. The van der Waals surface area contributed by atoms with Gasteiger partial charge in [-0.3, -0.25) is 11.3 Å². The maximum absolute atomic E-state index is 6.09. The largest absolute Gasteiger partial charge is 0.453 e. The first-order chi connectivity index (χ1) is 9.24. The minimum Gasteiger partial charge on any atom is -0.453 e. The molecule has 2 aliphatic rings. The molecule has 0 saturated carbocycles. The van der Waals surface area contributed by atoms with Crippen molar-refractivity contribution < 1.29 is 9.15 Å². The van der Waals surface area contributed by atoms with Crippen molar-refractivity contribution in [2.24, 2.45) is 11.8 Å². The Bertz CT molecular complexity index is 434. The van der Waals surface area contributed by atoms with Crippen LogP contribution < -0.4 is 11.3 Å². The Labute approximate surface area is 122 Å². The molecular formula is C13H19ClN2O2S. The number of nitrogens with one attached hydrogen (secondary N) is 1. The average Bonchev–Trinajstić information content (AvgIpc) is 3.02. The summed E-state index contributed by atoms with van der Waals surface area (Å²) >= 11 is 8.07. The minimum atomic E-state index is 0.0395. The van der Waals surface area contributed by atoms with Crippen LogP contribution in [0.3, 0.4) is 0 Å². The number of halogens is 1. The monoisotopic (exact) mass is 302 g/mol.